The highest BCUT2D eigenvalue weighted by molar-refractivity contribution is 5.76. The quantitative estimate of drug-likeness (QED) is 0.674. The van der Waals surface area contributed by atoms with E-state index < -0.39 is 0 Å². The van der Waals surface area contributed by atoms with E-state index in [9.17, 15) is 4.79 Å². The van der Waals surface area contributed by atoms with E-state index in [0.717, 1.165) is 30.4 Å². The van der Waals surface area contributed by atoms with Crippen LogP contribution >= 0.6 is 0 Å². The molecule has 0 aromatic carbocycles. The molecule has 0 aliphatic heterocycles. The highest BCUT2D eigenvalue weighted by Gasteiger charge is 2.04. The number of rotatable bonds is 8. The summed E-state index contributed by atoms with van der Waals surface area (Å²) in [6, 6.07) is 1.84. The van der Waals surface area contributed by atoms with Crippen molar-refractivity contribution in [2.24, 2.45) is 5.92 Å². The number of nitrogens with zero attached hydrogens (tertiary/aromatic N) is 2. The Hall–Kier alpha value is -1.85. The number of amides is 1. The van der Waals surface area contributed by atoms with Crippen molar-refractivity contribution in [3.05, 3.63) is 11.9 Å². The second-order valence-corrected chi connectivity index (χ2v) is 5.03. The van der Waals surface area contributed by atoms with E-state index in [1.54, 1.807) is 0 Å². The van der Waals surface area contributed by atoms with E-state index in [0.29, 0.717) is 18.9 Å². The van der Waals surface area contributed by atoms with Gasteiger partial charge in [-0.3, -0.25) is 4.79 Å². The van der Waals surface area contributed by atoms with Crippen molar-refractivity contribution in [2.75, 3.05) is 30.8 Å². The fourth-order valence-electron chi connectivity index (χ4n) is 1.58. The van der Waals surface area contributed by atoms with Gasteiger partial charge in [-0.2, -0.15) is 0 Å². The lowest BCUT2D eigenvalue weighted by atomic mass is 10.2. The van der Waals surface area contributed by atoms with Crippen LogP contribution in [-0.4, -0.2) is 36.0 Å². The number of aromatic nitrogens is 2. The second-order valence-electron chi connectivity index (χ2n) is 5.03. The lowest BCUT2D eigenvalue weighted by Gasteiger charge is -2.10. The first-order chi connectivity index (χ1) is 9.55. The zero-order valence-corrected chi connectivity index (χ0v) is 12.8. The summed E-state index contributed by atoms with van der Waals surface area (Å²) in [4.78, 5) is 20.3. The predicted octanol–water partition coefficient (Wildman–Crippen LogP) is 1.65. The molecule has 0 aliphatic rings. The van der Waals surface area contributed by atoms with Crippen LogP contribution in [0.25, 0.3) is 0 Å². The Balaban J connectivity index is 2.43. The van der Waals surface area contributed by atoms with Gasteiger partial charge in [-0.1, -0.05) is 20.8 Å². The smallest absolute Gasteiger partial charge is 0.221 e. The van der Waals surface area contributed by atoms with Crippen LogP contribution in [-0.2, 0) is 11.2 Å². The fourth-order valence-corrected chi connectivity index (χ4v) is 1.58. The monoisotopic (exact) mass is 279 g/mol. The third-order valence-corrected chi connectivity index (χ3v) is 2.71. The van der Waals surface area contributed by atoms with Gasteiger partial charge in [-0.05, 0) is 5.92 Å². The minimum absolute atomic E-state index is 0.0600. The zero-order chi connectivity index (χ0) is 15.0. The minimum atomic E-state index is 0.0600. The van der Waals surface area contributed by atoms with Gasteiger partial charge in [0.15, 0.2) is 0 Å². The van der Waals surface area contributed by atoms with Crippen molar-refractivity contribution in [2.45, 2.75) is 33.6 Å². The molecule has 1 aromatic heterocycles. The lowest BCUT2D eigenvalue weighted by molar-refractivity contribution is -0.120. The average molecular weight is 279 g/mol. The van der Waals surface area contributed by atoms with Gasteiger partial charge in [0.05, 0.1) is 0 Å². The fraction of sp³-hybridized carbons (Fsp3) is 0.643. The molecule has 6 heteroatoms. The molecule has 20 heavy (non-hydrogen) atoms. The van der Waals surface area contributed by atoms with Crippen molar-refractivity contribution in [1.82, 2.24) is 15.3 Å². The van der Waals surface area contributed by atoms with Crippen molar-refractivity contribution in [3.8, 4) is 0 Å². The maximum atomic E-state index is 11.6. The van der Waals surface area contributed by atoms with E-state index in [2.05, 4.69) is 39.8 Å². The average Bonchev–Trinajstić information content (AvgIpc) is 2.44. The third-order valence-electron chi connectivity index (χ3n) is 2.71. The Kier molecular flexibility index (Phi) is 6.76. The lowest BCUT2D eigenvalue weighted by Crippen LogP contribution is -2.28. The van der Waals surface area contributed by atoms with Crippen LogP contribution in [0.4, 0.5) is 11.6 Å². The first kappa shape index (κ1) is 16.2. The Bertz CT molecular complexity index is 411. The van der Waals surface area contributed by atoms with E-state index >= 15 is 0 Å². The Labute approximate surface area is 120 Å². The largest absolute Gasteiger partial charge is 0.373 e. The predicted molar refractivity (Wildman–Crippen MR) is 81.9 cm³/mol. The summed E-state index contributed by atoms with van der Waals surface area (Å²) in [5.74, 6) is 2.84. The maximum Gasteiger partial charge on any atom is 0.221 e. The number of carbonyl (C=O) groups excluding carboxylic acids is 1. The van der Waals surface area contributed by atoms with Gasteiger partial charge in [0.1, 0.15) is 17.5 Å². The van der Waals surface area contributed by atoms with Crippen LogP contribution in [0.5, 0.6) is 0 Å². The van der Waals surface area contributed by atoms with Crippen molar-refractivity contribution in [1.29, 1.82) is 0 Å². The van der Waals surface area contributed by atoms with Gasteiger partial charge in [0.2, 0.25) is 5.91 Å². The molecule has 0 fully saturated rings. The molecular formula is C14H25N5O. The van der Waals surface area contributed by atoms with E-state index in [1.165, 1.54) is 0 Å². The van der Waals surface area contributed by atoms with Crippen molar-refractivity contribution in [3.63, 3.8) is 0 Å². The topological polar surface area (TPSA) is 78.9 Å². The standard InChI is InChI=1S/C14H25N5O/c1-5-11-18-12(15-4)8-13(19-11)16-7-6-14(20)17-9-10(2)3/h8,10H,5-7,9H2,1-4H3,(H,17,20)(H2,15,16,18,19). The molecule has 0 aliphatic carbocycles. The molecule has 0 atom stereocenters. The molecule has 112 valence electrons. The molecule has 0 bridgehead atoms. The molecule has 0 saturated heterocycles. The molecular weight excluding hydrogens is 254 g/mol. The Morgan fingerprint density at radius 1 is 1.30 bits per heavy atom. The second kappa shape index (κ2) is 8.35. The van der Waals surface area contributed by atoms with Crippen LogP contribution in [0.2, 0.25) is 0 Å². The molecule has 3 N–H and O–H groups in total. The van der Waals surface area contributed by atoms with Crippen LogP contribution in [0.15, 0.2) is 6.07 Å². The number of anilines is 2. The van der Waals surface area contributed by atoms with Crippen molar-refractivity contribution < 1.29 is 4.79 Å². The van der Waals surface area contributed by atoms with E-state index in [-0.39, 0.29) is 5.91 Å². The van der Waals surface area contributed by atoms with Crippen LogP contribution in [0.3, 0.4) is 0 Å². The number of carbonyl (C=O) groups is 1. The molecule has 1 rings (SSSR count). The van der Waals surface area contributed by atoms with Crippen LogP contribution in [0, 0.1) is 5.92 Å². The van der Waals surface area contributed by atoms with Gasteiger partial charge < -0.3 is 16.0 Å². The molecule has 1 heterocycles. The zero-order valence-electron chi connectivity index (χ0n) is 12.8. The van der Waals surface area contributed by atoms with Gasteiger partial charge >= 0.3 is 0 Å². The molecule has 0 unspecified atom stereocenters. The summed E-state index contributed by atoms with van der Waals surface area (Å²) >= 11 is 0. The number of nitrogens with one attached hydrogen (secondary N) is 3. The number of hydrogen-bond donors (Lipinski definition) is 3. The molecule has 6 nitrogen and oxygen atoms in total. The summed E-state index contributed by atoms with van der Waals surface area (Å²) in [5, 5.41) is 9.05. The van der Waals surface area contributed by atoms with Gasteiger partial charge in [0.25, 0.3) is 0 Å². The number of aryl methyl sites for hydroxylation is 1. The van der Waals surface area contributed by atoms with E-state index in [4.69, 9.17) is 0 Å². The summed E-state index contributed by atoms with van der Waals surface area (Å²) in [6.45, 7) is 7.44. The summed E-state index contributed by atoms with van der Waals surface area (Å²) in [7, 11) is 1.82. The molecule has 1 amide bonds. The van der Waals surface area contributed by atoms with Gasteiger partial charge in [0, 0.05) is 39.0 Å². The SMILES string of the molecule is CCc1nc(NC)cc(NCCC(=O)NCC(C)C)n1. The number of hydrogen-bond acceptors (Lipinski definition) is 5. The van der Waals surface area contributed by atoms with Crippen molar-refractivity contribution >= 4 is 17.5 Å². The highest BCUT2D eigenvalue weighted by Crippen LogP contribution is 2.11. The summed E-state index contributed by atoms with van der Waals surface area (Å²) < 4.78 is 0. The first-order valence-electron chi connectivity index (χ1n) is 7.11. The van der Waals surface area contributed by atoms with Gasteiger partial charge in [-0.25, -0.2) is 9.97 Å². The normalized spacial score (nSPS) is 10.4. The molecule has 0 spiro atoms. The third kappa shape index (κ3) is 5.86. The Morgan fingerprint density at radius 3 is 2.60 bits per heavy atom. The Morgan fingerprint density at radius 2 is 2.00 bits per heavy atom. The molecule has 0 saturated carbocycles. The minimum Gasteiger partial charge on any atom is -0.373 e. The van der Waals surface area contributed by atoms with Crippen LogP contribution in [0.1, 0.15) is 33.0 Å². The van der Waals surface area contributed by atoms with Crippen LogP contribution < -0.4 is 16.0 Å². The first-order valence-corrected chi connectivity index (χ1v) is 7.11. The summed E-state index contributed by atoms with van der Waals surface area (Å²) in [5.41, 5.74) is 0. The maximum absolute atomic E-state index is 11.6. The van der Waals surface area contributed by atoms with E-state index in [1.807, 2.05) is 20.0 Å². The molecule has 1 aromatic rings. The highest BCUT2D eigenvalue weighted by atomic mass is 16.1. The summed E-state index contributed by atoms with van der Waals surface area (Å²) in [6.07, 6.45) is 1.21. The van der Waals surface area contributed by atoms with Gasteiger partial charge in [-0.15, -0.1) is 0 Å². The molecule has 0 radical (unpaired) electrons.